The van der Waals surface area contributed by atoms with Crippen molar-refractivity contribution in [3.8, 4) is 5.75 Å². The van der Waals surface area contributed by atoms with Gasteiger partial charge < -0.3 is 33.5 Å². The SMILES string of the molecule is COc1c(N2CCNC(C)C2)c(F)cc2c(=O)c(C(=O)OB(OC(C)=O)OC(C)=O)cn(C3CC3)c12. The van der Waals surface area contributed by atoms with Crippen molar-refractivity contribution < 1.29 is 37.5 Å². The van der Waals surface area contributed by atoms with Crippen molar-refractivity contribution >= 4 is 41.8 Å². The summed E-state index contributed by atoms with van der Waals surface area (Å²) in [6, 6.07) is 1.20. The number of hydrogen-bond donors (Lipinski definition) is 1. The van der Waals surface area contributed by atoms with Gasteiger partial charge in [0.15, 0.2) is 11.6 Å². The molecule has 0 amide bonds. The van der Waals surface area contributed by atoms with E-state index in [1.807, 2.05) is 11.8 Å². The minimum atomic E-state index is -1.97. The van der Waals surface area contributed by atoms with Gasteiger partial charge >= 0.3 is 13.3 Å². The van der Waals surface area contributed by atoms with Crippen LogP contribution in [0.4, 0.5) is 10.1 Å². The van der Waals surface area contributed by atoms with Gasteiger partial charge in [-0.3, -0.25) is 14.4 Å². The number of fused-ring (bicyclic) bond motifs is 1. The summed E-state index contributed by atoms with van der Waals surface area (Å²) < 4.78 is 37.3. The summed E-state index contributed by atoms with van der Waals surface area (Å²) >= 11 is 0. The van der Waals surface area contributed by atoms with Crippen molar-refractivity contribution in [1.29, 1.82) is 0 Å². The molecule has 1 atom stereocenters. The van der Waals surface area contributed by atoms with Crippen LogP contribution in [-0.2, 0) is 23.6 Å². The van der Waals surface area contributed by atoms with Crippen molar-refractivity contribution in [2.24, 2.45) is 0 Å². The number of halogens is 1. The molecule has 4 rings (SSSR count). The van der Waals surface area contributed by atoms with Crippen LogP contribution in [0.5, 0.6) is 5.75 Å². The van der Waals surface area contributed by atoms with Gasteiger partial charge in [-0.1, -0.05) is 0 Å². The Balaban J connectivity index is 1.83. The van der Waals surface area contributed by atoms with Gasteiger partial charge in [-0.05, 0) is 25.8 Å². The number of nitrogens with one attached hydrogen (secondary N) is 1. The zero-order chi connectivity index (χ0) is 26.1. The number of benzene rings is 1. The number of carbonyl (C=O) groups excluding carboxylic acids is 3. The molecule has 192 valence electrons. The lowest BCUT2D eigenvalue weighted by molar-refractivity contribution is -0.139. The van der Waals surface area contributed by atoms with Gasteiger partial charge in [0.2, 0.25) is 5.43 Å². The van der Waals surface area contributed by atoms with Crippen molar-refractivity contribution in [2.75, 3.05) is 31.6 Å². The molecule has 2 heterocycles. The molecular weight excluding hydrogens is 476 g/mol. The first kappa shape index (κ1) is 25.5. The lowest BCUT2D eigenvalue weighted by atomic mass is 10.1. The fraction of sp³-hybridized carbons (Fsp3) is 0.478. The first-order chi connectivity index (χ1) is 17.1. The Kier molecular flexibility index (Phi) is 7.20. The Morgan fingerprint density at radius 1 is 1.14 bits per heavy atom. The van der Waals surface area contributed by atoms with Gasteiger partial charge in [-0.25, -0.2) is 9.18 Å². The highest BCUT2D eigenvalue weighted by Crippen LogP contribution is 2.43. The van der Waals surface area contributed by atoms with Crippen LogP contribution in [0.2, 0.25) is 0 Å². The molecule has 2 fully saturated rings. The van der Waals surface area contributed by atoms with E-state index in [2.05, 4.69) is 5.32 Å². The lowest BCUT2D eigenvalue weighted by Crippen LogP contribution is -2.49. The van der Waals surface area contributed by atoms with E-state index in [0.29, 0.717) is 25.2 Å². The average molecular weight is 503 g/mol. The maximum atomic E-state index is 15.5. The van der Waals surface area contributed by atoms with E-state index in [4.69, 9.17) is 18.7 Å². The zero-order valence-electron chi connectivity index (χ0n) is 20.5. The van der Waals surface area contributed by atoms with Gasteiger partial charge in [0.25, 0.3) is 11.9 Å². The number of hydrogen-bond acceptors (Lipinski definition) is 10. The number of anilines is 1. The molecule has 2 aromatic rings. The second kappa shape index (κ2) is 10.2. The van der Waals surface area contributed by atoms with E-state index in [-0.39, 0.29) is 28.9 Å². The molecule has 0 spiro atoms. The maximum Gasteiger partial charge on any atom is 0.870 e. The second-order valence-electron chi connectivity index (χ2n) is 8.86. The van der Waals surface area contributed by atoms with E-state index >= 15 is 4.39 Å². The van der Waals surface area contributed by atoms with Crippen molar-refractivity contribution in [1.82, 2.24) is 9.88 Å². The summed E-state index contributed by atoms with van der Waals surface area (Å²) in [7, 11) is -0.559. The predicted octanol–water partition coefficient (Wildman–Crippen LogP) is 1.55. The molecule has 11 nitrogen and oxygen atoms in total. The second-order valence-corrected chi connectivity index (χ2v) is 8.86. The monoisotopic (exact) mass is 503 g/mol. The summed E-state index contributed by atoms with van der Waals surface area (Å²) in [5.74, 6) is -3.38. The van der Waals surface area contributed by atoms with Crippen LogP contribution in [-0.4, -0.2) is 62.6 Å². The molecule has 13 heteroatoms. The van der Waals surface area contributed by atoms with Crippen LogP contribution < -0.4 is 20.4 Å². The number of carbonyl (C=O) groups is 3. The standard InChI is InChI=1S/C23H27BFN3O8/c1-12-10-27(8-7-26-12)20-18(25)9-16-19(22(20)33-4)28(15-5-6-15)11-17(21(16)31)23(32)36-24(34-13(2)29)35-14(3)30/h9,11-12,15,26H,5-8,10H2,1-4H3. The third kappa shape index (κ3) is 5.15. The van der Waals surface area contributed by atoms with Gasteiger partial charge in [-0.2, -0.15) is 0 Å². The number of methoxy groups -OCH3 is 1. The summed E-state index contributed by atoms with van der Waals surface area (Å²) in [5.41, 5.74) is -0.592. The van der Waals surface area contributed by atoms with E-state index in [0.717, 1.165) is 32.8 Å². The third-order valence-electron chi connectivity index (χ3n) is 5.98. The predicted molar refractivity (Wildman–Crippen MR) is 127 cm³/mol. The summed E-state index contributed by atoms with van der Waals surface area (Å²) in [6.07, 6.45) is 2.90. The Hall–Kier alpha value is -3.61. The molecule has 1 N–H and O–H groups in total. The molecule has 1 aliphatic carbocycles. The maximum absolute atomic E-state index is 15.5. The molecule has 0 bridgehead atoms. The fourth-order valence-electron chi connectivity index (χ4n) is 4.35. The molecule has 1 aromatic carbocycles. The number of aromatic nitrogens is 1. The highest BCUT2D eigenvalue weighted by molar-refractivity contribution is 6.44. The fourth-order valence-corrected chi connectivity index (χ4v) is 4.35. The van der Waals surface area contributed by atoms with Crippen LogP contribution >= 0.6 is 0 Å². The van der Waals surface area contributed by atoms with Crippen LogP contribution in [0.25, 0.3) is 10.9 Å². The van der Waals surface area contributed by atoms with E-state index in [1.165, 1.54) is 13.3 Å². The van der Waals surface area contributed by atoms with Crippen molar-refractivity contribution in [2.45, 2.75) is 45.7 Å². The Labute approximate surface area is 206 Å². The molecule has 1 saturated heterocycles. The van der Waals surface area contributed by atoms with Crippen LogP contribution in [0.3, 0.4) is 0 Å². The van der Waals surface area contributed by atoms with E-state index < -0.39 is 42.0 Å². The minimum Gasteiger partial charge on any atom is -0.492 e. The van der Waals surface area contributed by atoms with Crippen molar-refractivity contribution in [3.63, 3.8) is 0 Å². The topological polar surface area (TPSA) is 125 Å². The van der Waals surface area contributed by atoms with Crippen molar-refractivity contribution in [3.05, 3.63) is 33.9 Å². The Morgan fingerprint density at radius 2 is 1.81 bits per heavy atom. The molecular formula is C23H27BFN3O8. The van der Waals surface area contributed by atoms with E-state index in [9.17, 15) is 19.2 Å². The normalized spacial score (nSPS) is 17.5. The molecule has 2 aliphatic rings. The van der Waals surface area contributed by atoms with E-state index in [1.54, 1.807) is 4.57 Å². The van der Waals surface area contributed by atoms with Crippen LogP contribution in [0.15, 0.2) is 17.1 Å². The highest BCUT2D eigenvalue weighted by Gasteiger charge is 2.37. The smallest absolute Gasteiger partial charge is 0.492 e. The minimum absolute atomic E-state index is 0.0356. The lowest BCUT2D eigenvalue weighted by Gasteiger charge is -2.35. The van der Waals surface area contributed by atoms with Gasteiger partial charge in [0, 0.05) is 51.8 Å². The number of ether oxygens (including phenoxy) is 1. The van der Waals surface area contributed by atoms with Crippen LogP contribution in [0.1, 0.15) is 50.0 Å². The third-order valence-corrected chi connectivity index (χ3v) is 5.98. The Morgan fingerprint density at radius 3 is 2.36 bits per heavy atom. The number of rotatable bonds is 7. The molecule has 1 aliphatic heterocycles. The molecule has 1 saturated carbocycles. The number of nitrogens with zero attached hydrogens (tertiary/aromatic N) is 2. The zero-order valence-corrected chi connectivity index (χ0v) is 20.5. The number of pyridine rings is 1. The van der Waals surface area contributed by atoms with Gasteiger partial charge in [-0.15, -0.1) is 0 Å². The van der Waals surface area contributed by atoms with Gasteiger partial charge in [0.05, 0.1) is 18.0 Å². The Bertz CT molecular complexity index is 1260. The summed E-state index contributed by atoms with van der Waals surface area (Å²) in [6.45, 7) is 5.82. The molecule has 1 aromatic heterocycles. The summed E-state index contributed by atoms with van der Waals surface area (Å²) in [4.78, 5) is 50.8. The molecule has 1 unspecified atom stereocenters. The van der Waals surface area contributed by atoms with Gasteiger partial charge in [0.1, 0.15) is 11.3 Å². The number of piperazine rings is 1. The largest absolute Gasteiger partial charge is 0.870 e. The highest BCUT2D eigenvalue weighted by atomic mass is 19.1. The van der Waals surface area contributed by atoms with Crippen LogP contribution in [0, 0.1) is 5.82 Å². The first-order valence-corrected chi connectivity index (χ1v) is 11.6. The summed E-state index contributed by atoms with van der Waals surface area (Å²) in [5, 5.41) is 3.25. The molecule has 0 radical (unpaired) electrons. The molecule has 36 heavy (non-hydrogen) atoms. The first-order valence-electron chi connectivity index (χ1n) is 11.6. The quantitative estimate of drug-likeness (QED) is 0.557. The average Bonchev–Trinajstić information content (AvgIpc) is 3.63.